The number of fused-ring (bicyclic) bond motifs is 2. The van der Waals surface area contributed by atoms with Crippen molar-refractivity contribution in [1.82, 2.24) is 19.6 Å². The standard InChI is InChI=1S/C38H44N8S4/c1-43(2)37(44(3)4)47-23-25-9-19-33-31(21-25)39-35(49-33)27-11-15-29(16-12-27)41-42-30-17-13-28(14-18-30)36-40-32-22-26(10-20-34(32)50-36)24-48-38(45(5)6)46(7)8/h9-22,37-38H,23-24H2,1-8H3/p+2. The predicted octanol–water partition coefficient (Wildman–Crippen LogP) is 8.77. The zero-order chi connectivity index (χ0) is 35.4. The molecule has 2 N–H and O–H groups in total. The molecular formula is C38H46N8S4+2. The van der Waals surface area contributed by atoms with Crippen LogP contribution in [0.5, 0.6) is 0 Å². The minimum atomic E-state index is 0.336. The first-order valence-electron chi connectivity index (χ1n) is 16.4. The molecule has 0 atom stereocenters. The van der Waals surface area contributed by atoms with Crippen LogP contribution in [-0.4, -0.2) is 87.0 Å². The summed E-state index contributed by atoms with van der Waals surface area (Å²) in [5, 5.41) is 11.3. The van der Waals surface area contributed by atoms with Crippen molar-refractivity contribution in [1.29, 1.82) is 0 Å². The van der Waals surface area contributed by atoms with Crippen molar-refractivity contribution in [2.75, 3.05) is 56.4 Å². The summed E-state index contributed by atoms with van der Waals surface area (Å²) in [6, 6.07) is 30.0. The fraction of sp³-hybridized carbons (Fsp3) is 0.316. The predicted molar refractivity (Wildman–Crippen MR) is 217 cm³/mol. The fourth-order valence-electron chi connectivity index (χ4n) is 5.82. The number of benzene rings is 4. The highest BCUT2D eigenvalue weighted by molar-refractivity contribution is 7.99. The summed E-state index contributed by atoms with van der Waals surface area (Å²) < 4.78 is 2.51. The van der Waals surface area contributed by atoms with Crippen LogP contribution in [0.25, 0.3) is 41.6 Å². The molecule has 0 spiro atoms. The molecule has 0 saturated heterocycles. The second kappa shape index (κ2) is 16.4. The van der Waals surface area contributed by atoms with E-state index < -0.39 is 0 Å². The van der Waals surface area contributed by atoms with E-state index in [1.165, 1.54) is 31.6 Å². The molecule has 2 aromatic heterocycles. The third kappa shape index (κ3) is 8.99. The van der Waals surface area contributed by atoms with Crippen molar-refractivity contribution in [3.8, 4) is 21.1 Å². The molecule has 0 amide bonds. The van der Waals surface area contributed by atoms with E-state index in [0.717, 1.165) is 44.0 Å². The SMILES string of the molecule is CN(C)C(SCc1ccc2sc(-c3ccc(N=Nc4ccc(-c5[nH+]c6cc(CSC(N(C)C)N(C)C)ccc6s5)cc4)cc3)[nH+]c2c1)N(C)C. The van der Waals surface area contributed by atoms with Crippen LogP contribution in [0, 0.1) is 0 Å². The van der Waals surface area contributed by atoms with Gasteiger partial charge in [-0.2, -0.15) is 20.2 Å². The van der Waals surface area contributed by atoms with E-state index >= 15 is 0 Å². The van der Waals surface area contributed by atoms with Crippen molar-refractivity contribution >= 4 is 78.0 Å². The number of rotatable bonds is 14. The molecule has 0 aliphatic heterocycles. The van der Waals surface area contributed by atoms with Gasteiger partial charge >= 0.3 is 0 Å². The topological polar surface area (TPSA) is 66.0 Å². The number of nitrogens with zero attached hydrogens (tertiary/aromatic N) is 6. The molecular weight excluding hydrogens is 697 g/mol. The number of azo groups is 1. The van der Waals surface area contributed by atoms with Crippen LogP contribution in [0.3, 0.4) is 0 Å². The van der Waals surface area contributed by atoms with Gasteiger partial charge in [0, 0.05) is 23.6 Å². The van der Waals surface area contributed by atoms with E-state index in [1.54, 1.807) is 22.7 Å². The summed E-state index contributed by atoms with van der Waals surface area (Å²) in [5.41, 5.74) is 9.59. The van der Waals surface area contributed by atoms with E-state index in [0.29, 0.717) is 11.0 Å². The molecule has 260 valence electrons. The normalized spacial score (nSPS) is 12.5. The van der Waals surface area contributed by atoms with Gasteiger partial charge in [-0.3, -0.25) is 19.6 Å². The lowest BCUT2D eigenvalue weighted by atomic mass is 10.2. The summed E-state index contributed by atoms with van der Waals surface area (Å²) in [6.07, 6.45) is 0. The Labute approximate surface area is 312 Å². The van der Waals surface area contributed by atoms with Gasteiger partial charge in [0.25, 0.3) is 10.0 Å². The van der Waals surface area contributed by atoms with Crippen molar-refractivity contribution in [3.05, 3.63) is 96.1 Å². The molecule has 2 heterocycles. The number of aromatic amines is 2. The van der Waals surface area contributed by atoms with Gasteiger partial charge in [0.15, 0.2) is 0 Å². The van der Waals surface area contributed by atoms with E-state index in [9.17, 15) is 0 Å². The first-order chi connectivity index (χ1) is 24.0. The average Bonchev–Trinajstić information content (AvgIpc) is 3.71. The molecule has 4 aromatic carbocycles. The van der Waals surface area contributed by atoms with E-state index in [-0.39, 0.29) is 0 Å². The summed E-state index contributed by atoms with van der Waals surface area (Å²) in [5.74, 6) is 1.91. The Balaban J connectivity index is 1.07. The Morgan fingerprint density at radius 2 is 0.880 bits per heavy atom. The van der Waals surface area contributed by atoms with Crippen molar-refractivity contribution in [2.45, 2.75) is 22.5 Å². The van der Waals surface area contributed by atoms with Gasteiger partial charge in [-0.25, -0.2) is 0 Å². The average molecular weight is 743 g/mol. The molecule has 6 rings (SSSR count). The quantitative estimate of drug-likeness (QED) is 0.0822. The second-order valence-corrected chi connectivity index (χ2v) is 17.4. The van der Waals surface area contributed by atoms with Gasteiger partial charge < -0.3 is 0 Å². The van der Waals surface area contributed by atoms with E-state index in [2.05, 4.69) is 157 Å². The number of aromatic nitrogens is 2. The minimum absolute atomic E-state index is 0.336. The van der Waals surface area contributed by atoms with Crippen molar-refractivity contribution in [2.24, 2.45) is 10.2 Å². The number of thioether (sulfide) groups is 2. The molecule has 8 nitrogen and oxygen atoms in total. The first-order valence-corrected chi connectivity index (χ1v) is 20.2. The maximum Gasteiger partial charge on any atom is 0.268 e. The summed E-state index contributed by atoms with van der Waals surface area (Å²) in [7, 11) is 17.0. The largest absolute Gasteiger partial charge is 0.286 e. The fourth-order valence-corrected chi connectivity index (χ4v) is 10.0. The Hall–Kier alpha value is -3.20. The zero-order valence-corrected chi connectivity index (χ0v) is 33.2. The Kier molecular flexibility index (Phi) is 12.0. The summed E-state index contributed by atoms with van der Waals surface area (Å²) in [6.45, 7) is 0. The molecule has 0 saturated carbocycles. The number of thiazole rings is 2. The van der Waals surface area contributed by atoms with Crippen LogP contribution in [0.1, 0.15) is 11.1 Å². The molecule has 0 aliphatic carbocycles. The highest BCUT2D eigenvalue weighted by Crippen LogP contribution is 2.32. The minimum Gasteiger partial charge on any atom is -0.286 e. The Bertz CT molecular complexity index is 1890. The van der Waals surface area contributed by atoms with Crippen LogP contribution in [0.2, 0.25) is 0 Å². The monoisotopic (exact) mass is 742 g/mol. The second-order valence-electron chi connectivity index (χ2n) is 13.2. The van der Waals surface area contributed by atoms with Crippen LogP contribution in [0.15, 0.2) is 95.2 Å². The molecule has 0 bridgehead atoms. The number of H-pyrrole nitrogens is 2. The van der Waals surface area contributed by atoms with Gasteiger partial charge in [-0.1, -0.05) is 34.8 Å². The Morgan fingerprint density at radius 1 is 0.520 bits per heavy atom. The maximum absolute atomic E-state index is 4.52. The third-order valence-corrected chi connectivity index (χ3v) is 13.6. The molecule has 0 unspecified atom stereocenters. The van der Waals surface area contributed by atoms with Gasteiger partial charge in [0.1, 0.15) is 20.4 Å². The molecule has 0 aliphatic rings. The smallest absolute Gasteiger partial charge is 0.268 e. The molecule has 0 fully saturated rings. The summed E-state index contributed by atoms with van der Waals surface area (Å²) in [4.78, 5) is 16.2. The number of hydrogen-bond donors (Lipinski definition) is 0. The van der Waals surface area contributed by atoms with Crippen LogP contribution in [-0.2, 0) is 11.5 Å². The van der Waals surface area contributed by atoms with Crippen molar-refractivity contribution < 1.29 is 9.97 Å². The lowest BCUT2D eigenvalue weighted by Crippen LogP contribution is -2.37. The molecule has 0 radical (unpaired) electrons. The van der Waals surface area contributed by atoms with Gasteiger partial charge in [0.2, 0.25) is 11.0 Å². The van der Waals surface area contributed by atoms with Crippen LogP contribution >= 0.6 is 46.2 Å². The first kappa shape index (κ1) is 36.6. The van der Waals surface area contributed by atoms with Gasteiger partial charge in [-0.05, 0) is 128 Å². The molecule has 12 heteroatoms. The molecule has 6 aromatic rings. The lowest BCUT2D eigenvalue weighted by molar-refractivity contribution is -0.325. The summed E-state index contributed by atoms with van der Waals surface area (Å²) >= 11 is 7.41. The van der Waals surface area contributed by atoms with Gasteiger partial charge in [0.05, 0.1) is 22.5 Å². The highest BCUT2D eigenvalue weighted by Gasteiger charge is 2.19. The number of hydrogen-bond acceptors (Lipinski definition) is 10. The van der Waals surface area contributed by atoms with E-state index in [4.69, 9.17) is 0 Å². The van der Waals surface area contributed by atoms with Crippen molar-refractivity contribution in [3.63, 3.8) is 0 Å². The van der Waals surface area contributed by atoms with Gasteiger partial charge in [-0.15, -0.1) is 23.5 Å². The maximum atomic E-state index is 4.52. The van der Waals surface area contributed by atoms with E-state index in [1.807, 2.05) is 47.8 Å². The number of nitrogens with one attached hydrogen (secondary N) is 2. The van der Waals surface area contributed by atoms with Crippen LogP contribution in [0.4, 0.5) is 11.4 Å². The lowest BCUT2D eigenvalue weighted by Gasteiger charge is -2.29. The zero-order valence-electron chi connectivity index (χ0n) is 30.0. The van der Waals surface area contributed by atoms with Crippen LogP contribution < -0.4 is 9.97 Å². The molecule has 50 heavy (non-hydrogen) atoms. The Morgan fingerprint density at radius 3 is 1.22 bits per heavy atom. The highest BCUT2D eigenvalue weighted by atomic mass is 32.2. The third-order valence-electron chi connectivity index (χ3n) is 8.11.